The van der Waals surface area contributed by atoms with Gasteiger partial charge in [-0.15, -0.1) is 0 Å². The summed E-state index contributed by atoms with van der Waals surface area (Å²) in [6, 6.07) is 6.51. The first-order chi connectivity index (χ1) is 11.0. The monoisotopic (exact) mass is 322 g/mol. The average molecular weight is 322 g/mol. The Morgan fingerprint density at radius 3 is 2.48 bits per heavy atom. The van der Waals surface area contributed by atoms with Gasteiger partial charge in [0, 0.05) is 27.2 Å². The van der Waals surface area contributed by atoms with Crippen LogP contribution in [0.3, 0.4) is 0 Å². The fourth-order valence-electron chi connectivity index (χ4n) is 2.00. The lowest BCUT2D eigenvalue weighted by Gasteiger charge is -2.22. The van der Waals surface area contributed by atoms with E-state index in [1.807, 2.05) is 0 Å². The second-order valence-corrected chi connectivity index (χ2v) is 4.81. The summed E-state index contributed by atoms with van der Waals surface area (Å²) in [5.74, 6) is -1.21. The maximum Gasteiger partial charge on any atom is 0.339 e. The van der Waals surface area contributed by atoms with Crippen LogP contribution < -0.4 is 10.2 Å². The van der Waals surface area contributed by atoms with Crippen molar-refractivity contribution in [1.29, 1.82) is 0 Å². The van der Waals surface area contributed by atoms with Gasteiger partial charge in [0.05, 0.1) is 18.4 Å². The molecule has 0 atom stereocenters. The van der Waals surface area contributed by atoms with Gasteiger partial charge in [-0.1, -0.05) is 12.1 Å². The van der Waals surface area contributed by atoms with Crippen molar-refractivity contribution in [2.75, 3.05) is 38.8 Å². The lowest BCUT2D eigenvalue weighted by molar-refractivity contribution is -0.123. The standard InChI is InChI=1S/C16H22N2O5/c1-12(19)18(11-15(20)17-9-6-10-22-2)14-8-5-4-7-13(14)16(21)23-3/h4-5,7-8H,6,9-11H2,1-3H3,(H,17,20). The molecule has 0 fully saturated rings. The minimum atomic E-state index is -0.563. The van der Waals surface area contributed by atoms with Crippen molar-refractivity contribution in [3.63, 3.8) is 0 Å². The lowest BCUT2D eigenvalue weighted by atomic mass is 10.1. The van der Waals surface area contributed by atoms with E-state index >= 15 is 0 Å². The molecule has 0 aromatic heterocycles. The molecule has 7 heteroatoms. The molecule has 1 N–H and O–H groups in total. The smallest absolute Gasteiger partial charge is 0.339 e. The number of nitrogens with zero attached hydrogens (tertiary/aromatic N) is 1. The first-order valence-electron chi connectivity index (χ1n) is 7.22. The van der Waals surface area contributed by atoms with Crippen molar-refractivity contribution < 1.29 is 23.9 Å². The Balaban J connectivity index is 2.85. The van der Waals surface area contributed by atoms with E-state index in [-0.39, 0.29) is 23.9 Å². The molecule has 0 radical (unpaired) electrons. The van der Waals surface area contributed by atoms with E-state index in [1.54, 1.807) is 31.4 Å². The number of ether oxygens (including phenoxy) is 2. The molecular formula is C16H22N2O5. The van der Waals surface area contributed by atoms with Gasteiger partial charge in [-0.05, 0) is 18.6 Å². The Morgan fingerprint density at radius 1 is 1.17 bits per heavy atom. The minimum Gasteiger partial charge on any atom is -0.465 e. The Kier molecular flexibility index (Phi) is 7.76. The van der Waals surface area contributed by atoms with Crippen molar-refractivity contribution in [2.24, 2.45) is 0 Å². The molecule has 0 aliphatic carbocycles. The summed E-state index contributed by atoms with van der Waals surface area (Å²) in [6.45, 7) is 2.17. The highest BCUT2D eigenvalue weighted by Crippen LogP contribution is 2.21. The highest BCUT2D eigenvalue weighted by Gasteiger charge is 2.21. The zero-order valence-corrected chi connectivity index (χ0v) is 13.6. The highest BCUT2D eigenvalue weighted by atomic mass is 16.5. The first-order valence-corrected chi connectivity index (χ1v) is 7.22. The van der Waals surface area contributed by atoms with Crippen LogP contribution in [0.4, 0.5) is 5.69 Å². The zero-order valence-electron chi connectivity index (χ0n) is 13.6. The second kappa shape index (κ2) is 9.58. The van der Waals surface area contributed by atoms with Crippen molar-refractivity contribution in [1.82, 2.24) is 5.32 Å². The van der Waals surface area contributed by atoms with Crippen LogP contribution in [0.25, 0.3) is 0 Å². The van der Waals surface area contributed by atoms with Crippen LogP contribution in [0, 0.1) is 0 Å². The molecule has 1 rings (SSSR count). The summed E-state index contributed by atoms with van der Waals surface area (Å²) in [6.07, 6.45) is 0.682. The van der Waals surface area contributed by atoms with Crippen LogP contribution in [-0.4, -0.2) is 51.7 Å². The van der Waals surface area contributed by atoms with Crippen LogP contribution in [0.2, 0.25) is 0 Å². The van der Waals surface area contributed by atoms with Gasteiger partial charge in [-0.3, -0.25) is 9.59 Å². The molecular weight excluding hydrogens is 300 g/mol. The fourth-order valence-corrected chi connectivity index (χ4v) is 2.00. The average Bonchev–Trinajstić information content (AvgIpc) is 2.55. The third kappa shape index (κ3) is 5.71. The number of carbonyl (C=O) groups excluding carboxylic acids is 3. The predicted octanol–water partition coefficient (Wildman–Crippen LogP) is 0.979. The Bertz CT molecular complexity index is 559. The van der Waals surface area contributed by atoms with E-state index in [0.717, 1.165) is 0 Å². The summed E-state index contributed by atoms with van der Waals surface area (Å²) < 4.78 is 9.61. The molecule has 0 bridgehead atoms. The van der Waals surface area contributed by atoms with Gasteiger partial charge in [-0.25, -0.2) is 4.79 Å². The number of benzene rings is 1. The van der Waals surface area contributed by atoms with Gasteiger partial charge in [0.2, 0.25) is 11.8 Å². The zero-order chi connectivity index (χ0) is 17.2. The van der Waals surface area contributed by atoms with E-state index in [1.165, 1.54) is 18.9 Å². The Morgan fingerprint density at radius 2 is 1.87 bits per heavy atom. The van der Waals surface area contributed by atoms with E-state index in [2.05, 4.69) is 5.32 Å². The van der Waals surface area contributed by atoms with Crippen LogP contribution in [-0.2, 0) is 19.1 Å². The number of methoxy groups -OCH3 is 2. The number of rotatable bonds is 8. The van der Waals surface area contributed by atoms with E-state index in [0.29, 0.717) is 25.3 Å². The number of hydrogen-bond acceptors (Lipinski definition) is 5. The number of amides is 2. The predicted molar refractivity (Wildman–Crippen MR) is 85.3 cm³/mol. The van der Waals surface area contributed by atoms with Crippen molar-refractivity contribution in [3.05, 3.63) is 29.8 Å². The highest BCUT2D eigenvalue weighted by molar-refractivity contribution is 6.04. The number of esters is 1. The van der Waals surface area contributed by atoms with Crippen LogP contribution in [0.1, 0.15) is 23.7 Å². The van der Waals surface area contributed by atoms with Gasteiger partial charge in [0.15, 0.2) is 0 Å². The molecule has 0 saturated heterocycles. The summed E-state index contributed by atoms with van der Waals surface area (Å²) in [5.41, 5.74) is 0.580. The number of para-hydroxylation sites is 1. The molecule has 0 spiro atoms. The molecule has 1 aromatic rings. The third-order valence-electron chi connectivity index (χ3n) is 3.13. The molecule has 126 valence electrons. The van der Waals surface area contributed by atoms with Crippen LogP contribution in [0.5, 0.6) is 0 Å². The first kappa shape index (κ1) is 18.6. The number of anilines is 1. The Hall–Kier alpha value is -2.41. The maximum absolute atomic E-state index is 12.0. The van der Waals surface area contributed by atoms with E-state index in [4.69, 9.17) is 9.47 Å². The van der Waals surface area contributed by atoms with Crippen molar-refractivity contribution in [3.8, 4) is 0 Å². The van der Waals surface area contributed by atoms with Gasteiger partial charge in [-0.2, -0.15) is 0 Å². The molecule has 0 heterocycles. The minimum absolute atomic E-state index is 0.170. The molecule has 0 aliphatic heterocycles. The quantitative estimate of drug-likeness (QED) is 0.569. The normalized spacial score (nSPS) is 10.0. The third-order valence-corrected chi connectivity index (χ3v) is 3.13. The summed E-state index contributed by atoms with van der Waals surface area (Å²) in [5, 5.41) is 2.71. The fraction of sp³-hybridized carbons (Fsp3) is 0.438. The van der Waals surface area contributed by atoms with Gasteiger partial charge < -0.3 is 19.7 Å². The topological polar surface area (TPSA) is 84.9 Å². The van der Waals surface area contributed by atoms with Crippen LogP contribution >= 0.6 is 0 Å². The molecule has 0 aliphatic rings. The summed E-state index contributed by atoms with van der Waals surface area (Å²) in [4.78, 5) is 36.9. The molecule has 0 saturated carbocycles. The van der Waals surface area contributed by atoms with E-state index in [9.17, 15) is 14.4 Å². The van der Waals surface area contributed by atoms with Crippen LogP contribution in [0.15, 0.2) is 24.3 Å². The molecule has 23 heavy (non-hydrogen) atoms. The SMILES string of the molecule is COCCCNC(=O)CN(C(C)=O)c1ccccc1C(=O)OC. The number of nitrogens with one attached hydrogen (secondary N) is 1. The number of hydrogen-bond donors (Lipinski definition) is 1. The largest absolute Gasteiger partial charge is 0.465 e. The maximum atomic E-state index is 12.0. The Labute approximate surface area is 135 Å². The number of carbonyl (C=O) groups is 3. The molecule has 0 unspecified atom stereocenters. The molecule has 7 nitrogen and oxygen atoms in total. The van der Waals surface area contributed by atoms with Crippen molar-refractivity contribution >= 4 is 23.5 Å². The van der Waals surface area contributed by atoms with Gasteiger partial charge >= 0.3 is 5.97 Å². The lowest BCUT2D eigenvalue weighted by Crippen LogP contribution is -2.41. The van der Waals surface area contributed by atoms with Crippen molar-refractivity contribution in [2.45, 2.75) is 13.3 Å². The second-order valence-electron chi connectivity index (χ2n) is 4.81. The van der Waals surface area contributed by atoms with E-state index < -0.39 is 5.97 Å². The van der Waals surface area contributed by atoms with Gasteiger partial charge in [0.1, 0.15) is 6.54 Å². The summed E-state index contributed by atoms with van der Waals surface area (Å²) >= 11 is 0. The van der Waals surface area contributed by atoms with Gasteiger partial charge in [0.25, 0.3) is 0 Å². The molecule has 1 aromatic carbocycles. The molecule has 2 amide bonds. The summed E-state index contributed by atoms with van der Waals surface area (Å²) in [7, 11) is 2.85.